The second-order valence-corrected chi connectivity index (χ2v) is 8.29. The highest BCUT2D eigenvalue weighted by Crippen LogP contribution is 2.53. The molecule has 0 aliphatic carbocycles. The van der Waals surface area contributed by atoms with Gasteiger partial charge >= 0.3 is 0 Å². The molecule has 0 aromatic heterocycles. The van der Waals surface area contributed by atoms with Gasteiger partial charge in [0.1, 0.15) is 28.7 Å². The zero-order valence-electron chi connectivity index (χ0n) is 20.1. The van der Waals surface area contributed by atoms with Gasteiger partial charge in [-0.15, -0.1) is 0 Å². The normalized spacial score (nSPS) is 17.2. The number of anilines is 1. The van der Waals surface area contributed by atoms with E-state index in [2.05, 4.69) is 12.1 Å². The summed E-state index contributed by atoms with van der Waals surface area (Å²) in [6, 6.07) is 21.7. The summed E-state index contributed by atoms with van der Waals surface area (Å²) in [4.78, 5) is 15.4. The van der Waals surface area contributed by atoms with Crippen LogP contribution >= 0.6 is 0 Å². The molecule has 0 spiro atoms. The number of aryl methyl sites for hydroxylation is 1. The first-order chi connectivity index (χ1) is 16.6. The average Bonchev–Trinajstić information content (AvgIpc) is 2.89. The summed E-state index contributed by atoms with van der Waals surface area (Å²) < 4.78 is 22.0. The standard InChI is InChI=1S/C28H31NO5/c1-31-21-15-13-20(14-16-21)26-23(12-8-11-19-9-6-5-7-10-19)28(30)29(26)27-24(33-3)17-22(32-2)18-25(27)34-4/h5-7,9-10,13-18,23,26H,8,11-12H2,1-4H3/t23-,26-/m0/s1. The fourth-order valence-corrected chi connectivity index (χ4v) is 4.66. The van der Waals surface area contributed by atoms with E-state index in [1.807, 2.05) is 42.5 Å². The van der Waals surface area contributed by atoms with Gasteiger partial charge in [0.15, 0.2) is 0 Å². The minimum Gasteiger partial charge on any atom is -0.497 e. The molecule has 0 bridgehead atoms. The Morgan fingerprint density at radius 2 is 1.38 bits per heavy atom. The van der Waals surface area contributed by atoms with E-state index in [0.717, 1.165) is 30.6 Å². The lowest BCUT2D eigenvalue weighted by Gasteiger charge is -2.48. The lowest BCUT2D eigenvalue weighted by molar-refractivity contribution is -0.130. The van der Waals surface area contributed by atoms with Crippen LogP contribution in [0.4, 0.5) is 5.69 Å². The van der Waals surface area contributed by atoms with E-state index in [4.69, 9.17) is 18.9 Å². The highest BCUT2D eigenvalue weighted by atomic mass is 16.5. The zero-order chi connectivity index (χ0) is 24.1. The van der Waals surface area contributed by atoms with Crippen molar-refractivity contribution in [3.63, 3.8) is 0 Å². The largest absolute Gasteiger partial charge is 0.497 e. The van der Waals surface area contributed by atoms with Crippen LogP contribution in [-0.2, 0) is 11.2 Å². The second-order valence-electron chi connectivity index (χ2n) is 8.29. The van der Waals surface area contributed by atoms with Gasteiger partial charge in [0.05, 0.1) is 40.4 Å². The third-order valence-electron chi connectivity index (χ3n) is 6.42. The summed E-state index contributed by atoms with van der Waals surface area (Å²) in [6.45, 7) is 0. The highest BCUT2D eigenvalue weighted by Gasteiger charge is 2.50. The SMILES string of the molecule is COc1ccc([C@H]2[C@H](CCCc3ccccc3)C(=O)N2c2c(OC)cc(OC)cc2OC)cc1. The van der Waals surface area contributed by atoms with Gasteiger partial charge in [-0.05, 0) is 42.5 Å². The first-order valence-corrected chi connectivity index (χ1v) is 11.4. The molecule has 0 N–H and O–H groups in total. The second kappa shape index (κ2) is 10.5. The Bertz CT molecular complexity index is 1090. The number of hydrogen-bond donors (Lipinski definition) is 0. The molecule has 1 fully saturated rings. The summed E-state index contributed by atoms with van der Waals surface area (Å²) >= 11 is 0. The average molecular weight is 462 g/mol. The van der Waals surface area contributed by atoms with Crippen molar-refractivity contribution in [2.24, 2.45) is 5.92 Å². The fourth-order valence-electron chi connectivity index (χ4n) is 4.66. The number of rotatable bonds is 10. The maximum absolute atomic E-state index is 13.6. The molecule has 34 heavy (non-hydrogen) atoms. The van der Waals surface area contributed by atoms with Crippen molar-refractivity contribution in [2.75, 3.05) is 33.3 Å². The molecule has 4 rings (SSSR count). The maximum atomic E-state index is 13.6. The zero-order valence-corrected chi connectivity index (χ0v) is 20.1. The molecule has 6 nitrogen and oxygen atoms in total. The Labute approximate surface area is 201 Å². The van der Waals surface area contributed by atoms with E-state index < -0.39 is 0 Å². The third kappa shape index (κ3) is 4.53. The number of hydrogen-bond acceptors (Lipinski definition) is 5. The molecular formula is C28H31NO5. The highest BCUT2D eigenvalue weighted by molar-refractivity contribution is 6.05. The van der Waals surface area contributed by atoms with Crippen LogP contribution in [0.15, 0.2) is 66.7 Å². The van der Waals surface area contributed by atoms with Crippen LogP contribution < -0.4 is 23.8 Å². The van der Waals surface area contributed by atoms with E-state index in [1.165, 1.54) is 5.56 Å². The summed E-state index contributed by atoms with van der Waals surface area (Å²) in [5, 5.41) is 0. The summed E-state index contributed by atoms with van der Waals surface area (Å²) in [6.07, 6.45) is 2.66. The molecule has 0 saturated carbocycles. The van der Waals surface area contributed by atoms with Crippen molar-refractivity contribution >= 4 is 11.6 Å². The Balaban J connectivity index is 1.67. The van der Waals surface area contributed by atoms with Crippen LogP contribution in [0.25, 0.3) is 0 Å². The van der Waals surface area contributed by atoms with Gasteiger partial charge in [-0.1, -0.05) is 42.5 Å². The molecule has 3 aromatic carbocycles. The Morgan fingerprint density at radius 3 is 1.94 bits per heavy atom. The summed E-state index contributed by atoms with van der Waals surface area (Å²) in [7, 11) is 6.41. The smallest absolute Gasteiger partial charge is 0.233 e. The molecular weight excluding hydrogens is 430 g/mol. The molecule has 6 heteroatoms. The van der Waals surface area contributed by atoms with E-state index in [-0.39, 0.29) is 17.9 Å². The lowest BCUT2D eigenvalue weighted by Crippen LogP contribution is -2.55. The monoisotopic (exact) mass is 461 g/mol. The minimum atomic E-state index is -0.134. The molecule has 1 amide bonds. The predicted molar refractivity (Wildman–Crippen MR) is 132 cm³/mol. The topological polar surface area (TPSA) is 57.2 Å². The number of carbonyl (C=O) groups excluding carboxylic acids is 1. The van der Waals surface area contributed by atoms with E-state index in [9.17, 15) is 4.79 Å². The van der Waals surface area contributed by atoms with Crippen LogP contribution in [0.3, 0.4) is 0 Å². The summed E-state index contributed by atoms with van der Waals surface area (Å²) in [5.41, 5.74) is 2.95. The number of benzene rings is 3. The fraction of sp³-hybridized carbons (Fsp3) is 0.321. The van der Waals surface area contributed by atoms with Gasteiger partial charge in [-0.2, -0.15) is 0 Å². The molecule has 2 atom stereocenters. The maximum Gasteiger partial charge on any atom is 0.233 e. The minimum absolute atomic E-state index is 0.0654. The number of nitrogens with zero attached hydrogens (tertiary/aromatic N) is 1. The van der Waals surface area contributed by atoms with Crippen LogP contribution in [0.2, 0.25) is 0 Å². The molecule has 1 aliphatic heterocycles. The van der Waals surface area contributed by atoms with Crippen molar-refractivity contribution in [1.29, 1.82) is 0 Å². The Morgan fingerprint density at radius 1 is 0.765 bits per heavy atom. The Kier molecular flexibility index (Phi) is 7.26. The number of amides is 1. The van der Waals surface area contributed by atoms with Crippen molar-refractivity contribution in [3.05, 3.63) is 77.9 Å². The number of ether oxygens (including phenoxy) is 4. The van der Waals surface area contributed by atoms with Crippen LogP contribution in [-0.4, -0.2) is 34.3 Å². The van der Waals surface area contributed by atoms with Crippen molar-refractivity contribution < 1.29 is 23.7 Å². The molecule has 0 radical (unpaired) electrons. The van der Waals surface area contributed by atoms with Gasteiger partial charge in [-0.25, -0.2) is 0 Å². The van der Waals surface area contributed by atoms with Crippen molar-refractivity contribution in [3.8, 4) is 23.0 Å². The molecule has 178 valence electrons. The molecule has 3 aromatic rings. The third-order valence-corrected chi connectivity index (χ3v) is 6.42. The van der Waals surface area contributed by atoms with Crippen molar-refractivity contribution in [1.82, 2.24) is 0 Å². The molecule has 1 saturated heterocycles. The van der Waals surface area contributed by atoms with Gasteiger partial charge < -0.3 is 18.9 Å². The number of β-lactam (4-membered cyclic amide) rings is 1. The van der Waals surface area contributed by atoms with E-state index >= 15 is 0 Å². The van der Waals surface area contributed by atoms with Gasteiger partial charge in [0.25, 0.3) is 0 Å². The molecule has 1 aliphatic rings. The number of carbonyl (C=O) groups is 1. The van der Waals surface area contributed by atoms with E-state index in [0.29, 0.717) is 22.9 Å². The van der Waals surface area contributed by atoms with Gasteiger partial charge in [-0.3, -0.25) is 9.69 Å². The first-order valence-electron chi connectivity index (χ1n) is 11.4. The molecule has 1 heterocycles. The summed E-state index contributed by atoms with van der Waals surface area (Å²) in [5.74, 6) is 2.38. The quantitative estimate of drug-likeness (QED) is 0.376. The predicted octanol–water partition coefficient (Wildman–Crippen LogP) is 5.45. The number of methoxy groups -OCH3 is 4. The van der Waals surface area contributed by atoms with Gasteiger partial charge in [0, 0.05) is 12.1 Å². The molecule has 0 unspecified atom stereocenters. The van der Waals surface area contributed by atoms with Crippen LogP contribution in [0, 0.1) is 5.92 Å². The van der Waals surface area contributed by atoms with Gasteiger partial charge in [0.2, 0.25) is 5.91 Å². The van der Waals surface area contributed by atoms with Crippen LogP contribution in [0.5, 0.6) is 23.0 Å². The first kappa shape index (κ1) is 23.5. The lowest BCUT2D eigenvalue weighted by atomic mass is 9.78. The van der Waals surface area contributed by atoms with Crippen molar-refractivity contribution in [2.45, 2.75) is 25.3 Å². The van der Waals surface area contributed by atoms with Crippen LogP contribution in [0.1, 0.15) is 30.0 Å². The van der Waals surface area contributed by atoms with E-state index in [1.54, 1.807) is 45.5 Å². The Hall–Kier alpha value is -3.67.